The number of rotatable bonds is 3. The summed E-state index contributed by atoms with van der Waals surface area (Å²) in [5, 5.41) is 3.81. The quantitative estimate of drug-likeness (QED) is 0.847. The van der Waals surface area contributed by atoms with Gasteiger partial charge in [-0.2, -0.15) is 0 Å². The van der Waals surface area contributed by atoms with Crippen molar-refractivity contribution < 1.29 is 0 Å². The predicted molar refractivity (Wildman–Crippen MR) is 94.2 cm³/mol. The lowest BCUT2D eigenvalue weighted by Crippen LogP contribution is -2.43. The molecule has 1 N–H and O–H groups in total. The Hall–Kier alpha value is -1.60. The summed E-state index contributed by atoms with van der Waals surface area (Å²) in [7, 11) is 0. The third-order valence-corrected chi connectivity index (χ3v) is 4.80. The van der Waals surface area contributed by atoms with Gasteiger partial charge in [0, 0.05) is 17.0 Å². The summed E-state index contributed by atoms with van der Waals surface area (Å²) in [4.78, 5) is 0. The molecule has 0 saturated heterocycles. The Morgan fingerprint density at radius 1 is 0.864 bits per heavy atom. The maximum atomic E-state index is 3.81. The van der Waals surface area contributed by atoms with E-state index in [1.807, 2.05) is 0 Å². The number of hydrogen-bond acceptors (Lipinski definition) is 1. The van der Waals surface area contributed by atoms with Gasteiger partial charge in [-0.25, -0.2) is 0 Å². The molecule has 0 aromatic heterocycles. The van der Waals surface area contributed by atoms with Crippen LogP contribution in [0.5, 0.6) is 0 Å². The van der Waals surface area contributed by atoms with Crippen LogP contribution in [-0.4, -0.2) is 11.6 Å². The van der Waals surface area contributed by atoms with Gasteiger partial charge in [0.25, 0.3) is 0 Å². The van der Waals surface area contributed by atoms with Gasteiger partial charge in [0.15, 0.2) is 0 Å². The average Bonchev–Trinajstić information content (AvgIpc) is 2.92. The van der Waals surface area contributed by atoms with Crippen molar-refractivity contribution in [3.05, 3.63) is 71.8 Å². The molecule has 0 bridgehead atoms. The van der Waals surface area contributed by atoms with Crippen LogP contribution in [0.25, 0.3) is 0 Å². The summed E-state index contributed by atoms with van der Waals surface area (Å²) in [6.07, 6.45) is 3.63. The first kappa shape index (κ1) is 15.3. The van der Waals surface area contributed by atoms with Crippen molar-refractivity contribution in [2.45, 2.75) is 57.0 Å². The van der Waals surface area contributed by atoms with Crippen LogP contribution in [0.1, 0.15) is 51.2 Å². The molecule has 22 heavy (non-hydrogen) atoms. The van der Waals surface area contributed by atoms with Crippen LogP contribution in [0.15, 0.2) is 60.7 Å². The van der Waals surface area contributed by atoms with Crippen molar-refractivity contribution in [2.24, 2.45) is 0 Å². The van der Waals surface area contributed by atoms with Crippen LogP contribution >= 0.6 is 0 Å². The molecule has 2 aromatic rings. The molecule has 1 saturated carbocycles. The highest BCUT2D eigenvalue weighted by Gasteiger charge is 2.42. The fourth-order valence-corrected chi connectivity index (χ4v) is 3.99. The van der Waals surface area contributed by atoms with E-state index >= 15 is 0 Å². The molecule has 1 nitrogen and oxygen atoms in total. The van der Waals surface area contributed by atoms with Crippen molar-refractivity contribution in [1.29, 1.82) is 0 Å². The van der Waals surface area contributed by atoms with Gasteiger partial charge < -0.3 is 5.32 Å². The van der Waals surface area contributed by atoms with E-state index in [9.17, 15) is 0 Å². The van der Waals surface area contributed by atoms with E-state index in [0.717, 1.165) is 0 Å². The molecule has 1 atom stereocenters. The number of benzene rings is 2. The lowest BCUT2D eigenvalue weighted by molar-refractivity contribution is 0.352. The van der Waals surface area contributed by atoms with Crippen molar-refractivity contribution in [3.8, 4) is 0 Å². The van der Waals surface area contributed by atoms with E-state index in [1.165, 1.54) is 30.4 Å². The van der Waals surface area contributed by atoms with Gasteiger partial charge >= 0.3 is 0 Å². The van der Waals surface area contributed by atoms with E-state index in [1.54, 1.807) is 0 Å². The van der Waals surface area contributed by atoms with Crippen LogP contribution in [0.4, 0.5) is 0 Å². The van der Waals surface area contributed by atoms with Crippen LogP contribution in [0.3, 0.4) is 0 Å². The largest absolute Gasteiger partial charge is 0.309 e. The summed E-state index contributed by atoms with van der Waals surface area (Å²) in [6.45, 7) is 6.79. The maximum absolute atomic E-state index is 3.81. The Balaban J connectivity index is 1.97. The minimum atomic E-state index is 0.158. The van der Waals surface area contributed by atoms with Gasteiger partial charge in [-0.05, 0) is 51.2 Å². The van der Waals surface area contributed by atoms with Crippen molar-refractivity contribution in [2.75, 3.05) is 0 Å². The summed E-state index contributed by atoms with van der Waals surface area (Å²) < 4.78 is 0. The minimum absolute atomic E-state index is 0.158. The average molecular weight is 293 g/mol. The van der Waals surface area contributed by atoms with E-state index in [2.05, 4.69) is 86.8 Å². The standard InChI is InChI=1S/C21H27N/c1-20(2,3)22-19-14-15-21(16-19,17-10-6-4-7-11-17)18-12-8-5-9-13-18/h4-13,19,22H,14-16H2,1-3H3. The van der Waals surface area contributed by atoms with Crippen LogP contribution < -0.4 is 5.32 Å². The highest BCUT2D eigenvalue weighted by Crippen LogP contribution is 2.46. The summed E-state index contributed by atoms with van der Waals surface area (Å²) in [5.74, 6) is 0. The zero-order valence-corrected chi connectivity index (χ0v) is 14.0. The lowest BCUT2D eigenvalue weighted by Gasteiger charge is -2.32. The van der Waals surface area contributed by atoms with E-state index in [0.29, 0.717) is 6.04 Å². The zero-order chi connectivity index (χ0) is 15.6. The molecule has 1 unspecified atom stereocenters. The lowest BCUT2D eigenvalue weighted by atomic mass is 9.73. The molecule has 1 heteroatoms. The molecule has 0 spiro atoms. The van der Waals surface area contributed by atoms with Gasteiger partial charge in [0.05, 0.1) is 0 Å². The van der Waals surface area contributed by atoms with Gasteiger partial charge in [0.1, 0.15) is 0 Å². The molecule has 2 aromatic carbocycles. The monoisotopic (exact) mass is 293 g/mol. The van der Waals surface area contributed by atoms with E-state index in [-0.39, 0.29) is 11.0 Å². The highest BCUT2D eigenvalue weighted by molar-refractivity contribution is 5.41. The second-order valence-corrected chi connectivity index (χ2v) is 7.65. The fourth-order valence-electron chi connectivity index (χ4n) is 3.99. The van der Waals surface area contributed by atoms with Crippen molar-refractivity contribution in [3.63, 3.8) is 0 Å². The molecule has 0 radical (unpaired) electrons. The highest BCUT2D eigenvalue weighted by atomic mass is 15.0. The molecule has 116 valence electrons. The minimum Gasteiger partial charge on any atom is -0.309 e. The third-order valence-electron chi connectivity index (χ3n) is 4.80. The Morgan fingerprint density at radius 2 is 1.36 bits per heavy atom. The molecular formula is C21H27N. The Bertz CT molecular complexity index is 555. The Morgan fingerprint density at radius 3 is 1.82 bits per heavy atom. The van der Waals surface area contributed by atoms with E-state index < -0.39 is 0 Å². The van der Waals surface area contributed by atoms with Crippen LogP contribution in [0.2, 0.25) is 0 Å². The topological polar surface area (TPSA) is 12.0 Å². The maximum Gasteiger partial charge on any atom is 0.0218 e. The zero-order valence-electron chi connectivity index (χ0n) is 14.0. The Labute approximate surface area is 134 Å². The van der Waals surface area contributed by atoms with Crippen LogP contribution in [-0.2, 0) is 5.41 Å². The van der Waals surface area contributed by atoms with Crippen LogP contribution in [0, 0.1) is 0 Å². The van der Waals surface area contributed by atoms with Gasteiger partial charge in [-0.1, -0.05) is 60.7 Å². The first-order valence-electron chi connectivity index (χ1n) is 8.38. The third kappa shape index (κ3) is 3.10. The molecule has 0 amide bonds. The van der Waals surface area contributed by atoms with Gasteiger partial charge in [0.2, 0.25) is 0 Å². The van der Waals surface area contributed by atoms with E-state index in [4.69, 9.17) is 0 Å². The predicted octanol–water partition coefficient (Wildman–Crippen LogP) is 4.91. The summed E-state index contributed by atoms with van der Waals surface area (Å²) >= 11 is 0. The molecule has 3 rings (SSSR count). The number of hydrogen-bond donors (Lipinski definition) is 1. The van der Waals surface area contributed by atoms with Crippen molar-refractivity contribution >= 4 is 0 Å². The molecular weight excluding hydrogens is 266 g/mol. The molecule has 0 heterocycles. The molecule has 0 aliphatic heterocycles. The summed E-state index contributed by atoms with van der Waals surface area (Å²) in [5.41, 5.74) is 3.25. The second kappa shape index (κ2) is 5.89. The fraction of sp³-hybridized carbons (Fsp3) is 0.429. The first-order chi connectivity index (χ1) is 10.5. The molecule has 1 fully saturated rings. The smallest absolute Gasteiger partial charge is 0.0218 e. The van der Waals surface area contributed by atoms with Gasteiger partial charge in [-0.3, -0.25) is 0 Å². The van der Waals surface area contributed by atoms with Gasteiger partial charge in [-0.15, -0.1) is 0 Å². The summed E-state index contributed by atoms with van der Waals surface area (Å²) in [6, 6.07) is 22.7. The normalized spacial score (nSPS) is 21.0. The first-order valence-corrected chi connectivity index (χ1v) is 8.38. The Kier molecular flexibility index (Phi) is 4.10. The van der Waals surface area contributed by atoms with Crippen molar-refractivity contribution in [1.82, 2.24) is 5.32 Å². The SMILES string of the molecule is CC(C)(C)NC1CCC(c2ccccc2)(c2ccccc2)C1. The second-order valence-electron chi connectivity index (χ2n) is 7.65. The molecule has 1 aliphatic carbocycles. The molecule has 1 aliphatic rings. The number of nitrogens with one attached hydrogen (secondary N) is 1.